The minimum atomic E-state index is -4.58. The molecule has 0 aliphatic rings. The zero-order valence-corrected chi connectivity index (χ0v) is 20.6. The summed E-state index contributed by atoms with van der Waals surface area (Å²) in [5.41, 5.74) is -0.173. The number of nitrogens with one attached hydrogen (secondary N) is 2. The predicted octanol–water partition coefficient (Wildman–Crippen LogP) is 4.84. The average molecular weight is 554 g/mol. The number of pyridine rings is 1. The number of hydrogen-bond donors (Lipinski definition) is 4. The van der Waals surface area contributed by atoms with E-state index in [9.17, 15) is 37.8 Å². The molecule has 9 nitrogen and oxygen atoms in total. The highest BCUT2D eigenvalue weighted by Crippen LogP contribution is 2.26. The summed E-state index contributed by atoms with van der Waals surface area (Å²) >= 11 is 6.17. The van der Waals surface area contributed by atoms with E-state index in [0.717, 1.165) is 0 Å². The first-order valence-electron chi connectivity index (χ1n) is 11.1. The van der Waals surface area contributed by atoms with Crippen molar-refractivity contribution in [2.45, 2.75) is 32.1 Å². The molecule has 4 N–H and O–H groups in total. The molecule has 2 amide bonds. The number of anilines is 1. The van der Waals surface area contributed by atoms with E-state index < -0.39 is 54.2 Å². The highest BCUT2D eigenvalue weighted by atomic mass is 35.5. The van der Waals surface area contributed by atoms with E-state index in [1.54, 1.807) is 24.3 Å². The van der Waals surface area contributed by atoms with Crippen molar-refractivity contribution in [3.8, 4) is 11.5 Å². The van der Waals surface area contributed by atoms with Crippen molar-refractivity contribution in [2.75, 3.05) is 11.9 Å². The van der Waals surface area contributed by atoms with Gasteiger partial charge in [-0.05, 0) is 36.2 Å². The lowest BCUT2D eigenvalue weighted by Gasteiger charge is -2.20. The molecule has 0 aliphatic carbocycles. The van der Waals surface area contributed by atoms with E-state index in [4.69, 9.17) is 16.3 Å². The molecule has 0 fully saturated rings. The maximum absolute atomic E-state index is 13.0. The summed E-state index contributed by atoms with van der Waals surface area (Å²) in [6, 6.07) is 9.73. The van der Waals surface area contributed by atoms with Crippen LogP contribution in [0.15, 0.2) is 59.5 Å². The second-order valence-corrected chi connectivity index (χ2v) is 8.69. The monoisotopic (exact) mass is 553 g/mol. The van der Waals surface area contributed by atoms with Crippen molar-refractivity contribution in [1.29, 1.82) is 0 Å². The van der Waals surface area contributed by atoms with Gasteiger partial charge < -0.3 is 30.2 Å². The van der Waals surface area contributed by atoms with Crippen LogP contribution >= 0.6 is 11.6 Å². The number of aromatic hydroxyl groups is 1. The number of carbonyl (C=O) groups excluding carboxylic acids is 1. The van der Waals surface area contributed by atoms with E-state index in [1.165, 1.54) is 42.0 Å². The summed E-state index contributed by atoms with van der Waals surface area (Å²) in [6.07, 6.45) is -3.82. The lowest BCUT2D eigenvalue weighted by atomic mass is 10.0. The van der Waals surface area contributed by atoms with Gasteiger partial charge in [-0.3, -0.25) is 9.59 Å². The zero-order chi connectivity index (χ0) is 28.0. The maximum atomic E-state index is 13.0. The Morgan fingerprint density at radius 2 is 1.87 bits per heavy atom. The van der Waals surface area contributed by atoms with Crippen LogP contribution in [0.5, 0.6) is 11.5 Å². The number of carboxylic acid groups (broad SMARTS) is 1. The number of alkyl halides is 3. The second-order valence-electron chi connectivity index (χ2n) is 8.29. The van der Waals surface area contributed by atoms with Gasteiger partial charge in [-0.15, -0.1) is 0 Å². The van der Waals surface area contributed by atoms with Crippen molar-refractivity contribution in [2.24, 2.45) is 0 Å². The Morgan fingerprint density at radius 3 is 2.53 bits per heavy atom. The first-order valence-corrected chi connectivity index (χ1v) is 11.5. The number of aromatic nitrogens is 1. The molecule has 3 rings (SSSR count). The van der Waals surface area contributed by atoms with Crippen LogP contribution in [-0.2, 0) is 11.3 Å². The van der Waals surface area contributed by atoms with Gasteiger partial charge in [-0.2, -0.15) is 13.2 Å². The smallest absolute Gasteiger partial charge is 0.422 e. The van der Waals surface area contributed by atoms with Gasteiger partial charge in [0.25, 0.3) is 5.56 Å². The number of aliphatic carboxylic acids is 1. The Hall–Kier alpha value is -4.19. The van der Waals surface area contributed by atoms with Crippen LogP contribution in [-0.4, -0.2) is 39.6 Å². The molecule has 0 spiro atoms. The molecule has 1 atom stereocenters. The van der Waals surface area contributed by atoms with E-state index >= 15 is 0 Å². The van der Waals surface area contributed by atoms with Crippen LogP contribution in [0.25, 0.3) is 0 Å². The van der Waals surface area contributed by atoms with Gasteiger partial charge in [0.2, 0.25) is 0 Å². The molecule has 38 heavy (non-hydrogen) atoms. The third-order valence-electron chi connectivity index (χ3n) is 5.32. The highest BCUT2D eigenvalue weighted by molar-refractivity contribution is 6.31. The van der Waals surface area contributed by atoms with E-state index in [2.05, 4.69) is 10.6 Å². The fourth-order valence-electron chi connectivity index (χ4n) is 3.56. The summed E-state index contributed by atoms with van der Waals surface area (Å²) < 4.78 is 43.4. The molecule has 13 heteroatoms. The number of ether oxygens (including phenoxy) is 1. The van der Waals surface area contributed by atoms with Gasteiger partial charge in [0.15, 0.2) is 12.3 Å². The third kappa shape index (κ3) is 7.65. The van der Waals surface area contributed by atoms with Crippen molar-refractivity contribution in [1.82, 2.24) is 9.88 Å². The Labute approximate surface area is 219 Å². The number of carboxylic acids is 1. The van der Waals surface area contributed by atoms with Crippen LogP contribution in [0.3, 0.4) is 0 Å². The number of nitrogens with zero attached hydrogens (tertiary/aromatic N) is 1. The summed E-state index contributed by atoms with van der Waals surface area (Å²) in [6.45, 7) is 0.00396. The van der Waals surface area contributed by atoms with Gasteiger partial charge >= 0.3 is 18.2 Å². The van der Waals surface area contributed by atoms with Crippen LogP contribution < -0.4 is 20.9 Å². The van der Waals surface area contributed by atoms with Crippen LogP contribution in [0, 0.1) is 6.92 Å². The maximum Gasteiger partial charge on any atom is 0.422 e. The van der Waals surface area contributed by atoms with E-state index in [-0.39, 0.29) is 23.4 Å². The molecular formula is C25H23ClF3N3O6. The molecule has 0 bridgehead atoms. The minimum Gasteiger partial charge on any atom is -0.505 e. The standard InChI is InChI=1S/C25H23ClF3N3O6/c1-14-11-32(12-16-5-2-3-8-18(16)26)23(36)21(22(14)35)31-24(37)30-19(10-20(33)34)15-6-4-7-17(9-15)38-13-25(27,28)29/h2-9,11,19,35H,10,12-13H2,1H3,(H,33,34)(H2,30,31,37)/t19-/m0/s1. The van der Waals surface area contributed by atoms with Crippen LogP contribution in [0.2, 0.25) is 5.02 Å². The number of halogens is 4. The lowest BCUT2D eigenvalue weighted by Crippen LogP contribution is -2.36. The quantitative estimate of drug-likeness (QED) is 0.300. The first-order chi connectivity index (χ1) is 17.8. The van der Waals surface area contributed by atoms with Crippen LogP contribution in [0.4, 0.5) is 23.7 Å². The molecule has 2 aromatic carbocycles. The molecule has 0 saturated carbocycles. The Balaban J connectivity index is 1.84. The summed E-state index contributed by atoms with van der Waals surface area (Å²) in [4.78, 5) is 37.2. The fraction of sp³-hybridized carbons (Fsp3) is 0.240. The molecule has 1 heterocycles. The molecule has 0 radical (unpaired) electrons. The molecule has 0 unspecified atom stereocenters. The normalized spacial score (nSPS) is 12.0. The average Bonchev–Trinajstić information content (AvgIpc) is 2.84. The SMILES string of the molecule is Cc1cn(Cc2ccccc2Cl)c(=O)c(NC(=O)N[C@@H](CC(=O)O)c2cccc(OCC(F)(F)F)c2)c1O. The van der Waals surface area contributed by atoms with Crippen LogP contribution in [0.1, 0.15) is 29.2 Å². The Kier molecular flexibility index (Phi) is 8.89. The molecule has 0 aliphatic heterocycles. The molecule has 0 saturated heterocycles. The van der Waals surface area contributed by atoms with Crippen molar-refractivity contribution in [3.05, 3.63) is 86.8 Å². The first kappa shape index (κ1) is 28.4. The lowest BCUT2D eigenvalue weighted by molar-refractivity contribution is -0.153. The summed E-state index contributed by atoms with van der Waals surface area (Å²) in [5, 5.41) is 24.8. The van der Waals surface area contributed by atoms with E-state index in [1.807, 2.05) is 0 Å². The molecular weight excluding hydrogens is 531 g/mol. The van der Waals surface area contributed by atoms with Crippen molar-refractivity contribution < 1.29 is 37.7 Å². The zero-order valence-electron chi connectivity index (χ0n) is 19.9. The number of hydrogen-bond acceptors (Lipinski definition) is 5. The minimum absolute atomic E-state index is 0.0439. The van der Waals surface area contributed by atoms with Gasteiger partial charge in [0.1, 0.15) is 11.5 Å². The fourth-order valence-corrected chi connectivity index (χ4v) is 3.75. The van der Waals surface area contributed by atoms with Gasteiger partial charge in [-0.25, -0.2) is 4.79 Å². The Morgan fingerprint density at radius 1 is 1.16 bits per heavy atom. The van der Waals surface area contributed by atoms with Crippen molar-refractivity contribution in [3.63, 3.8) is 0 Å². The number of amides is 2. The number of benzene rings is 2. The van der Waals surface area contributed by atoms with Crippen molar-refractivity contribution >= 4 is 29.3 Å². The van der Waals surface area contributed by atoms with Gasteiger partial charge in [0.05, 0.1) is 19.0 Å². The summed E-state index contributed by atoms with van der Waals surface area (Å²) in [7, 11) is 0. The predicted molar refractivity (Wildman–Crippen MR) is 133 cm³/mol. The number of carbonyl (C=O) groups is 2. The topological polar surface area (TPSA) is 130 Å². The van der Waals surface area contributed by atoms with Gasteiger partial charge in [-0.1, -0.05) is 41.9 Å². The largest absolute Gasteiger partial charge is 0.505 e. The number of urea groups is 1. The molecule has 202 valence electrons. The highest BCUT2D eigenvalue weighted by Gasteiger charge is 2.28. The second kappa shape index (κ2) is 11.9. The third-order valence-corrected chi connectivity index (χ3v) is 5.69. The number of rotatable bonds is 9. The molecule has 3 aromatic rings. The Bertz CT molecular complexity index is 1390. The summed E-state index contributed by atoms with van der Waals surface area (Å²) in [5.74, 6) is -1.98. The van der Waals surface area contributed by atoms with Gasteiger partial charge in [0, 0.05) is 16.8 Å². The van der Waals surface area contributed by atoms with E-state index in [0.29, 0.717) is 10.6 Å². The molecule has 1 aromatic heterocycles. The number of aryl methyl sites for hydroxylation is 1.